The number of rotatable bonds is 4. The number of hydrogen-bond acceptors (Lipinski definition) is 3. The van der Waals surface area contributed by atoms with E-state index in [-0.39, 0.29) is 12.4 Å². The van der Waals surface area contributed by atoms with E-state index in [0.717, 1.165) is 43.9 Å². The van der Waals surface area contributed by atoms with Crippen molar-refractivity contribution < 1.29 is 13.5 Å². The van der Waals surface area contributed by atoms with Crippen molar-refractivity contribution in [3.8, 4) is 5.75 Å². The molecule has 0 bridgehead atoms. The van der Waals surface area contributed by atoms with Gasteiger partial charge in [0.2, 0.25) is 0 Å². The molecular formula is C17H25ClF2N2O. The van der Waals surface area contributed by atoms with Crippen molar-refractivity contribution in [3.63, 3.8) is 0 Å². The Bertz CT molecular complexity index is 524. The maximum absolute atomic E-state index is 12.4. The average molecular weight is 347 g/mol. The summed E-state index contributed by atoms with van der Waals surface area (Å²) in [4.78, 5) is 2.48. The van der Waals surface area contributed by atoms with E-state index in [4.69, 9.17) is 0 Å². The van der Waals surface area contributed by atoms with Gasteiger partial charge in [0, 0.05) is 19.6 Å². The van der Waals surface area contributed by atoms with Crippen LogP contribution >= 0.6 is 12.4 Å². The molecule has 2 fully saturated rings. The van der Waals surface area contributed by atoms with Crippen LogP contribution in [0.5, 0.6) is 5.75 Å². The number of benzene rings is 1. The number of alkyl halides is 2. The summed E-state index contributed by atoms with van der Waals surface area (Å²) in [6, 6.07) is 3.95. The molecule has 2 aliphatic heterocycles. The van der Waals surface area contributed by atoms with E-state index in [1.54, 1.807) is 0 Å². The first-order valence-electron chi connectivity index (χ1n) is 7.95. The molecule has 6 heteroatoms. The molecule has 1 atom stereocenters. The van der Waals surface area contributed by atoms with E-state index in [9.17, 15) is 8.78 Å². The molecule has 1 aromatic rings. The van der Waals surface area contributed by atoms with E-state index in [1.165, 1.54) is 18.4 Å². The summed E-state index contributed by atoms with van der Waals surface area (Å²) in [7, 11) is 0. The second-order valence-electron chi connectivity index (χ2n) is 6.82. The summed E-state index contributed by atoms with van der Waals surface area (Å²) in [5.41, 5.74) is 3.21. The third-order valence-corrected chi connectivity index (χ3v) is 4.98. The minimum atomic E-state index is -2.77. The van der Waals surface area contributed by atoms with Crippen LogP contribution in [0.25, 0.3) is 0 Å². The molecule has 2 heterocycles. The molecule has 0 amide bonds. The molecule has 1 N–H and O–H groups in total. The van der Waals surface area contributed by atoms with Crippen LogP contribution in [-0.4, -0.2) is 37.7 Å². The minimum absolute atomic E-state index is 0. The van der Waals surface area contributed by atoms with Crippen molar-refractivity contribution in [3.05, 3.63) is 28.8 Å². The summed E-state index contributed by atoms with van der Waals surface area (Å²) < 4.78 is 29.5. The van der Waals surface area contributed by atoms with E-state index in [1.807, 2.05) is 26.0 Å². The van der Waals surface area contributed by atoms with E-state index < -0.39 is 6.61 Å². The highest BCUT2D eigenvalue weighted by Gasteiger charge is 2.40. The van der Waals surface area contributed by atoms with Crippen molar-refractivity contribution in [1.29, 1.82) is 0 Å². The normalized spacial score (nSPS) is 24.4. The topological polar surface area (TPSA) is 24.5 Å². The maximum atomic E-state index is 12.4. The molecule has 3 rings (SSSR count). The Hall–Kier alpha value is -0.910. The van der Waals surface area contributed by atoms with Crippen molar-refractivity contribution in [1.82, 2.24) is 10.2 Å². The maximum Gasteiger partial charge on any atom is 0.387 e. The second kappa shape index (κ2) is 7.32. The lowest BCUT2D eigenvalue weighted by molar-refractivity contribution is -0.0507. The Morgan fingerprint density at radius 2 is 1.96 bits per heavy atom. The van der Waals surface area contributed by atoms with E-state index >= 15 is 0 Å². The summed E-state index contributed by atoms with van der Waals surface area (Å²) in [6.45, 7) is 6.30. The van der Waals surface area contributed by atoms with Crippen LogP contribution < -0.4 is 10.1 Å². The number of nitrogens with one attached hydrogen (secondary N) is 1. The van der Waals surface area contributed by atoms with Crippen LogP contribution in [0.2, 0.25) is 0 Å². The van der Waals surface area contributed by atoms with Crippen LogP contribution in [0, 0.1) is 19.3 Å². The van der Waals surface area contributed by atoms with Crippen LogP contribution in [0.3, 0.4) is 0 Å². The zero-order valence-corrected chi connectivity index (χ0v) is 14.5. The first-order chi connectivity index (χ1) is 10.5. The third-order valence-electron chi connectivity index (χ3n) is 4.98. The molecule has 2 aliphatic rings. The Kier molecular flexibility index (Phi) is 5.87. The lowest BCUT2D eigenvalue weighted by Gasteiger charge is -2.23. The molecule has 0 saturated carbocycles. The molecule has 0 aliphatic carbocycles. The predicted octanol–water partition coefficient (Wildman–Crippen LogP) is 3.51. The highest BCUT2D eigenvalue weighted by molar-refractivity contribution is 5.85. The van der Waals surface area contributed by atoms with E-state index in [0.29, 0.717) is 11.2 Å². The molecule has 0 aromatic heterocycles. The van der Waals surface area contributed by atoms with Gasteiger partial charge in [0.05, 0.1) is 0 Å². The molecule has 3 nitrogen and oxygen atoms in total. The number of aryl methyl sites for hydroxylation is 2. The lowest BCUT2D eigenvalue weighted by Crippen LogP contribution is -2.29. The fourth-order valence-corrected chi connectivity index (χ4v) is 3.97. The van der Waals surface area contributed by atoms with Crippen LogP contribution in [0.1, 0.15) is 29.5 Å². The Balaban J connectivity index is 0.00000192. The van der Waals surface area contributed by atoms with Gasteiger partial charge in [-0.3, -0.25) is 4.90 Å². The summed E-state index contributed by atoms with van der Waals surface area (Å²) in [5, 5.41) is 3.47. The first-order valence-corrected chi connectivity index (χ1v) is 7.95. The molecule has 2 saturated heterocycles. The average Bonchev–Trinajstić information content (AvgIpc) is 3.05. The van der Waals surface area contributed by atoms with Crippen LogP contribution in [-0.2, 0) is 6.54 Å². The summed E-state index contributed by atoms with van der Waals surface area (Å²) in [5.74, 6) is 0.316. The zero-order valence-electron chi connectivity index (χ0n) is 13.7. The Labute approximate surface area is 142 Å². The Morgan fingerprint density at radius 1 is 1.26 bits per heavy atom. The second-order valence-corrected chi connectivity index (χ2v) is 6.82. The highest BCUT2D eigenvalue weighted by atomic mass is 35.5. The lowest BCUT2D eigenvalue weighted by atomic mass is 9.86. The minimum Gasteiger partial charge on any atom is -0.434 e. The van der Waals surface area contributed by atoms with Gasteiger partial charge in [-0.1, -0.05) is 12.1 Å². The fraction of sp³-hybridized carbons (Fsp3) is 0.647. The van der Waals surface area contributed by atoms with E-state index in [2.05, 4.69) is 15.0 Å². The van der Waals surface area contributed by atoms with Gasteiger partial charge in [0.25, 0.3) is 0 Å². The highest BCUT2D eigenvalue weighted by Crippen LogP contribution is 2.37. The van der Waals surface area contributed by atoms with Crippen molar-refractivity contribution in [2.45, 2.75) is 39.8 Å². The van der Waals surface area contributed by atoms with Crippen LogP contribution in [0.4, 0.5) is 8.78 Å². The molecule has 1 spiro atoms. The van der Waals surface area contributed by atoms with Crippen LogP contribution in [0.15, 0.2) is 12.1 Å². The monoisotopic (exact) mass is 346 g/mol. The van der Waals surface area contributed by atoms with Gasteiger partial charge in [-0.25, -0.2) is 0 Å². The number of ether oxygens (including phenoxy) is 1. The predicted molar refractivity (Wildman–Crippen MR) is 89.6 cm³/mol. The van der Waals surface area contributed by atoms with Gasteiger partial charge in [0.15, 0.2) is 0 Å². The molecule has 0 radical (unpaired) electrons. The standard InChI is InChI=1S/C17H24F2N2O.ClH/c1-12-7-14(8-13(2)15(12)22-16(18)19)9-21-6-4-17(11-21)3-5-20-10-17;/h7-8,16,20H,3-6,9-11H2,1-2H3;1H. The summed E-state index contributed by atoms with van der Waals surface area (Å²) in [6.07, 6.45) is 2.52. The first kappa shape index (κ1) is 18.4. The Morgan fingerprint density at radius 3 is 2.52 bits per heavy atom. The third kappa shape index (κ3) is 4.14. The van der Waals surface area contributed by atoms with Crippen molar-refractivity contribution in [2.75, 3.05) is 26.2 Å². The fourth-order valence-electron chi connectivity index (χ4n) is 3.97. The van der Waals surface area contributed by atoms with Crippen molar-refractivity contribution >= 4 is 12.4 Å². The molecule has 1 unspecified atom stereocenters. The largest absolute Gasteiger partial charge is 0.434 e. The smallest absolute Gasteiger partial charge is 0.387 e. The number of likely N-dealkylation sites (tertiary alicyclic amines) is 1. The van der Waals surface area contributed by atoms with Gasteiger partial charge in [-0.2, -0.15) is 8.78 Å². The quantitative estimate of drug-likeness (QED) is 0.903. The SMILES string of the molecule is Cc1cc(CN2CCC3(CCNC3)C2)cc(C)c1OC(F)F.Cl. The summed E-state index contributed by atoms with van der Waals surface area (Å²) >= 11 is 0. The van der Waals surface area contributed by atoms with Gasteiger partial charge in [0.1, 0.15) is 5.75 Å². The van der Waals surface area contributed by atoms with Crippen molar-refractivity contribution in [2.24, 2.45) is 5.41 Å². The van der Waals surface area contributed by atoms with Gasteiger partial charge >= 0.3 is 6.61 Å². The molecular weight excluding hydrogens is 322 g/mol. The zero-order chi connectivity index (χ0) is 15.7. The number of nitrogens with zero attached hydrogens (tertiary/aromatic N) is 1. The molecule has 23 heavy (non-hydrogen) atoms. The number of halogens is 3. The molecule has 1 aromatic carbocycles. The molecule has 130 valence electrons. The van der Waals surface area contributed by atoms with Gasteiger partial charge < -0.3 is 10.1 Å². The number of hydrogen-bond donors (Lipinski definition) is 1. The van der Waals surface area contributed by atoms with Gasteiger partial charge in [-0.15, -0.1) is 12.4 Å². The van der Waals surface area contributed by atoms with Gasteiger partial charge in [-0.05, 0) is 61.9 Å².